The average molecular weight is 746 g/mol. The van der Waals surface area contributed by atoms with Crippen LogP contribution >= 0.6 is 11.6 Å². The third kappa shape index (κ3) is 10.6. The van der Waals surface area contributed by atoms with Gasteiger partial charge in [0.25, 0.3) is 0 Å². The number of azide groups is 1. The van der Waals surface area contributed by atoms with Crippen LogP contribution in [0.2, 0.25) is 0 Å². The van der Waals surface area contributed by atoms with Gasteiger partial charge in [-0.2, -0.15) is 0 Å². The fourth-order valence-corrected chi connectivity index (χ4v) is 6.29. The van der Waals surface area contributed by atoms with Crippen LogP contribution in [-0.4, -0.2) is 66.5 Å². The molecule has 15 nitrogen and oxygen atoms in total. The zero-order chi connectivity index (χ0) is 38.5. The van der Waals surface area contributed by atoms with Crippen molar-refractivity contribution in [3.63, 3.8) is 0 Å². The second kappa shape index (κ2) is 19.2. The Labute approximate surface area is 312 Å². The van der Waals surface area contributed by atoms with Crippen LogP contribution < -0.4 is 27.0 Å². The highest BCUT2D eigenvalue weighted by molar-refractivity contribution is 6.17. The van der Waals surface area contributed by atoms with Gasteiger partial charge in [0.15, 0.2) is 6.10 Å². The lowest BCUT2D eigenvalue weighted by Gasteiger charge is -2.26. The maximum atomic E-state index is 13.7. The maximum Gasteiger partial charge on any atom is 0.411 e. The number of fused-ring (bicyclic) bond motifs is 3. The Bertz CT molecular complexity index is 1820. The summed E-state index contributed by atoms with van der Waals surface area (Å²) in [5.41, 5.74) is 19.4. The van der Waals surface area contributed by atoms with E-state index < -0.39 is 54.6 Å². The molecule has 1 aliphatic carbocycles. The third-order valence-electron chi connectivity index (χ3n) is 8.76. The van der Waals surface area contributed by atoms with Gasteiger partial charge in [0.1, 0.15) is 18.6 Å². The summed E-state index contributed by atoms with van der Waals surface area (Å²) in [6.07, 6.45) is -0.679. The molecule has 16 heteroatoms. The van der Waals surface area contributed by atoms with E-state index in [0.29, 0.717) is 17.8 Å². The van der Waals surface area contributed by atoms with Crippen LogP contribution in [0.3, 0.4) is 0 Å². The Morgan fingerprint density at radius 3 is 2.21 bits per heavy atom. The summed E-state index contributed by atoms with van der Waals surface area (Å²) in [5, 5.41) is 13.8. The van der Waals surface area contributed by atoms with E-state index in [-0.39, 0.29) is 37.7 Å². The molecule has 0 fully saturated rings. The summed E-state index contributed by atoms with van der Waals surface area (Å²) in [6.45, 7) is 5.40. The number of nitrogens with one attached hydrogen (secondary N) is 4. The molecule has 0 aliphatic heterocycles. The monoisotopic (exact) mass is 745 g/mol. The van der Waals surface area contributed by atoms with Gasteiger partial charge < -0.3 is 36.6 Å². The van der Waals surface area contributed by atoms with Crippen molar-refractivity contribution in [2.45, 2.75) is 64.2 Å². The van der Waals surface area contributed by atoms with Gasteiger partial charge in [-0.3, -0.25) is 14.4 Å². The van der Waals surface area contributed by atoms with Gasteiger partial charge in [0.2, 0.25) is 17.7 Å². The zero-order valence-corrected chi connectivity index (χ0v) is 30.6. The first-order valence-electron chi connectivity index (χ1n) is 17.2. The number of benzene rings is 3. The predicted molar refractivity (Wildman–Crippen MR) is 200 cm³/mol. The number of nitrogens with two attached hydrogens (primary N) is 1. The predicted octanol–water partition coefficient (Wildman–Crippen LogP) is 5.48. The Morgan fingerprint density at radius 1 is 0.962 bits per heavy atom. The fraction of sp³-hybridized carbons (Fsp3) is 0.378. The molecule has 3 aromatic carbocycles. The Hall–Kier alpha value is -5.79. The van der Waals surface area contributed by atoms with E-state index in [9.17, 15) is 24.0 Å². The Kier molecular flexibility index (Phi) is 14.5. The lowest BCUT2D eigenvalue weighted by atomic mass is 10.0. The number of rotatable bonds is 17. The number of ether oxygens (including phenoxy) is 1. The van der Waals surface area contributed by atoms with E-state index in [2.05, 4.69) is 31.3 Å². The van der Waals surface area contributed by atoms with Crippen molar-refractivity contribution in [2.75, 3.05) is 25.0 Å². The highest BCUT2D eigenvalue weighted by Gasteiger charge is 2.33. The quantitative estimate of drug-likeness (QED) is 0.0396. The molecule has 4 rings (SSSR count). The second-order valence-electron chi connectivity index (χ2n) is 12.7. The standard InChI is InChI=1S/C37H44ClN9O6/c1-4-47(37(52)53-33-28-12-7-5-10-26(28)27-11-6-8-13-29(27)33)21-24-18-25(16-15-23(24)19-38)43-34(49)30(14-9-17-41-36(39)51)44-35(50)32(22(2)3)45-31(48)20-42-46-40/h5-8,10-13,15-16,18,22,30,32-33H,4,9,14,17,19-21H2,1-3H3,(H,43,49)(H,44,50)(H,45,48)(H3,39,41,51)/t30-,32-/m0/s1. The molecule has 2 atom stereocenters. The van der Waals surface area contributed by atoms with Crippen LogP contribution in [0.25, 0.3) is 21.6 Å². The van der Waals surface area contributed by atoms with E-state index in [0.717, 1.165) is 27.8 Å². The highest BCUT2D eigenvalue weighted by atomic mass is 35.5. The van der Waals surface area contributed by atoms with Crippen molar-refractivity contribution in [1.82, 2.24) is 20.9 Å². The average Bonchev–Trinajstić information content (AvgIpc) is 3.45. The molecule has 3 aromatic rings. The molecule has 0 saturated heterocycles. The summed E-state index contributed by atoms with van der Waals surface area (Å²) in [7, 11) is 0. The fourth-order valence-electron chi connectivity index (χ4n) is 6.03. The van der Waals surface area contributed by atoms with Crippen LogP contribution in [0.15, 0.2) is 71.8 Å². The lowest BCUT2D eigenvalue weighted by Crippen LogP contribution is -2.55. The van der Waals surface area contributed by atoms with E-state index in [1.54, 1.807) is 36.9 Å². The van der Waals surface area contributed by atoms with Crippen molar-refractivity contribution in [2.24, 2.45) is 16.8 Å². The molecule has 53 heavy (non-hydrogen) atoms. The van der Waals surface area contributed by atoms with Gasteiger partial charge in [-0.1, -0.05) is 73.6 Å². The number of primary amides is 1. The zero-order valence-electron chi connectivity index (χ0n) is 29.8. The molecule has 6 amide bonds. The van der Waals surface area contributed by atoms with Crippen molar-refractivity contribution in [1.29, 1.82) is 0 Å². The first kappa shape index (κ1) is 40.0. The number of anilines is 1. The van der Waals surface area contributed by atoms with Gasteiger partial charge in [0.05, 0.1) is 0 Å². The molecule has 0 radical (unpaired) electrons. The summed E-state index contributed by atoms with van der Waals surface area (Å²) >= 11 is 6.30. The summed E-state index contributed by atoms with van der Waals surface area (Å²) < 4.78 is 6.13. The first-order valence-corrected chi connectivity index (χ1v) is 17.8. The minimum atomic E-state index is -1.08. The number of carbonyl (C=O) groups is 5. The number of amides is 6. The minimum absolute atomic E-state index is 0.116. The van der Waals surface area contributed by atoms with E-state index in [1.807, 2.05) is 55.5 Å². The summed E-state index contributed by atoms with van der Waals surface area (Å²) in [5.74, 6) is -2.07. The summed E-state index contributed by atoms with van der Waals surface area (Å²) in [4.78, 5) is 68.3. The third-order valence-corrected chi connectivity index (χ3v) is 9.05. The molecule has 280 valence electrons. The van der Waals surface area contributed by atoms with E-state index in [4.69, 9.17) is 27.6 Å². The molecule has 6 N–H and O–H groups in total. The highest BCUT2D eigenvalue weighted by Crippen LogP contribution is 2.45. The molecule has 1 aliphatic rings. The Balaban J connectivity index is 1.50. The van der Waals surface area contributed by atoms with Crippen molar-refractivity contribution in [3.8, 4) is 11.1 Å². The number of halogens is 1. The number of hydrogen-bond donors (Lipinski definition) is 5. The lowest BCUT2D eigenvalue weighted by molar-refractivity contribution is -0.131. The molecular formula is C37H44ClN9O6. The maximum absolute atomic E-state index is 13.7. The Morgan fingerprint density at radius 2 is 1.62 bits per heavy atom. The second-order valence-corrected chi connectivity index (χ2v) is 13.0. The topological polar surface area (TPSA) is 221 Å². The van der Waals surface area contributed by atoms with Crippen LogP contribution in [0, 0.1) is 5.92 Å². The van der Waals surface area contributed by atoms with Crippen LogP contribution in [0.4, 0.5) is 15.3 Å². The van der Waals surface area contributed by atoms with E-state index in [1.165, 1.54) is 0 Å². The molecular weight excluding hydrogens is 702 g/mol. The normalized spacial score (nSPS) is 12.7. The molecule has 0 aromatic heterocycles. The van der Waals surface area contributed by atoms with Crippen molar-refractivity contribution in [3.05, 3.63) is 99.4 Å². The van der Waals surface area contributed by atoms with Crippen LogP contribution in [0.5, 0.6) is 0 Å². The molecule has 0 saturated carbocycles. The molecule has 0 bridgehead atoms. The van der Waals surface area contributed by atoms with Gasteiger partial charge in [-0.15, -0.1) is 11.6 Å². The number of alkyl halides is 1. The number of urea groups is 1. The van der Waals surface area contributed by atoms with Crippen molar-refractivity contribution >= 4 is 47.1 Å². The van der Waals surface area contributed by atoms with Crippen LogP contribution in [-0.2, 0) is 31.5 Å². The van der Waals surface area contributed by atoms with Crippen LogP contribution in [0.1, 0.15) is 62.0 Å². The molecule has 0 unspecified atom stereocenters. The number of hydrogen-bond acceptors (Lipinski definition) is 7. The SMILES string of the molecule is CCN(Cc1cc(NC(=O)[C@H](CCCNC(N)=O)NC(=O)[C@@H](NC(=O)CN=[N+]=[N-])C(C)C)ccc1CCl)C(=O)OC1c2ccccc2-c2ccccc21. The summed E-state index contributed by atoms with van der Waals surface area (Å²) in [6, 6.07) is 18.0. The van der Waals surface area contributed by atoms with E-state index >= 15 is 0 Å². The van der Waals surface area contributed by atoms with Gasteiger partial charge in [0, 0.05) is 47.2 Å². The minimum Gasteiger partial charge on any atom is -0.436 e. The smallest absolute Gasteiger partial charge is 0.411 e. The number of carbonyl (C=O) groups excluding carboxylic acids is 5. The first-order chi connectivity index (χ1) is 25.5. The largest absolute Gasteiger partial charge is 0.436 e. The molecule has 0 spiro atoms. The van der Waals surface area contributed by atoms with Gasteiger partial charge in [-0.05, 0) is 65.6 Å². The number of nitrogens with zero attached hydrogens (tertiary/aromatic N) is 4. The van der Waals surface area contributed by atoms with Gasteiger partial charge in [-0.25, -0.2) is 9.59 Å². The van der Waals surface area contributed by atoms with Gasteiger partial charge >= 0.3 is 12.1 Å². The molecule has 0 heterocycles. The van der Waals surface area contributed by atoms with Crippen molar-refractivity contribution < 1.29 is 28.7 Å².